The van der Waals surface area contributed by atoms with E-state index in [0.717, 1.165) is 30.2 Å². The molecule has 9 heteroatoms. The normalized spacial score (nSPS) is 11.4. The van der Waals surface area contributed by atoms with Crippen molar-refractivity contribution < 1.29 is 17.4 Å². The molecule has 0 spiro atoms. The second-order valence-corrected chi connectivity index (χ2v) is 6.52. The predicted octanol–water partition coefficient (Wildman–Crippen LogP) is 1.28. The van der Waals surface area contributed by atoms with Gasteiger partial charge in [-0.25, -0.2) is 5.48 Å². The van der Waals surface area contributed by atoms with Crippen LogP contribution in [0.4, 0.5) is 5.82 Å². The lowest BCUT2D eigenvalue weighted by molar-refractivity contribution is 0.393. The van der Waals surface area contributed by atoms with Crippen LogP contribution in [0.3, 0.4) is 0 Å². The van der Waals surface area contributed by atoms with E-state index < -0.39 is 10.1 Å². The Morgan fingerprint density at radius 1 is 1.39 bits per heavy atom. The number of rotatable bonds is 8. The van der Waals surface area contributed by atoms with Gasteiger partial charge in [-0.1, -0.05) is 12.1 Å². The molecule has 4 N–H and O–H groups in total. The first-order valence-electron chi connectivity index (χ1n) is 7.01. The van der Waals surface area contributed by atoms with E-state index in [2.05, 4.69) is 20.0 Å². The highest BCUT2D eigenvalue weighted by atomic mass is 32.2. The summed E-state index contributed by atoms with van der Waals surface area (Å²) in [7, 11) is -2.02. The smallest absolute Gasteiger partial charge is 0.285 e. The first kappa shape index (κ1) is 17.3. The van der Waals surface area contributed by atoms with Crippen molar-refractivity contribution in [1.29, 1.82) is 0 Å². The number of aryl methyl sites for hydroxylation is 1. The fourth-order valence-corrected chi connectivity index (χ4v) is 2.41. The average Bonchev–Trinajstić information content (AvgIpc) is 2.98. The molecule has 2 rings (SSSR count). The highest BCUT2D eigenvalue weighted by Crippen LogP contribution is 2.33. The van der Waals surface area contributed by atoms with Gasteiger partial charge in [0.1, 0.15) is 5.75 Å². The van der Waals surface area contributed by atoms with Crippen LogP contribution in [-0.2, 0) is 20.8 Å². The molecule has 0 atom stereocenters. The second-order valence-electron chi connectivity index (χ2n) is 4.94. The number of hydrogen-bond acceptors (Lipinski definition) is 7. The van der Waals surface area contributed by atoms with Gasteiger partial charge in [0, 0.05) is 11.6 Å². The Kier molecular flexibility index (Phi) is 5.59. The van der Waals surface area contributed by atoms with E-state index in [0.29, 0.717) is 18.0 Å². The van der Waals surface area contributed by atoms with Gasteiger partial charge in [0.2, 0.25) is 0 Å². The van der Waals surface area contributed by atoms with Gasteiger partial charge in [0.15, 0.2) is 5.82 Å². The lowest BCUT2D eigenvalue weighted by Gasteiger charge is -2.12. The molecule has 0 unspecified atom stereocenters. The lowest BCUT2D eigenvalue weighted by Crippen LogP contribution is -2.09. The van der Waals surface area contributed by atoms with Gasteiger partial charge in [-0.15, -0.1) is 4.28 Å². The summed E-state index contributed by atoms with van der Waals surface area (Å²) < 4.78 is 31.9. The quantitative estimate of drug-likeness (QED) is 0.619. The van der Waals surface area contributed by atoms with Crippen molar-refractivity contribution in [2.24, 2.45) is 5.73 Å². The average molecular weight is 340 g/mol. The summed E-state index contributed by atoms with van der Waals surface area (Å²) >= 11 is 0. The van der Waals surface area contributed by atoms with E-state index in [1.54, 1.807) is 13.2 Å². The van der Waals surface area contributed by atoms with Gasteiger partial charge in [-0.2, -0.15) is 13.5 Å². The Hall–Kier alpha value is -2.10. The van der Waals surface area contributed by atoms with Gasteiger partial charge in [-0.05, 0) is 31.0 Å². The van der Waals surface area contributed by atoms with Gasteiger partial charge in [0.25, 0.3) is 10.1 Å². The zero-order valence-corrected chi connectivity index (χ0v) is 13.8. The van der Waals surface area contributed by atoms with E-state index in [9.17, 15) is 8.42 Å². The minimum Gasteiger partial charge on any atom is -0.496 e. The van der Waals surface area contributed by atoms with Gasteiger partial charge in [0.05, 0.1) is 19.1 Å². The predicted molar refractivity (Wildman–Crippen MR) is 87.5 cm³/mol. The number of nitrogens with one attached hydrogen (secondary N) is 2. The highest BCUT2D eigenvalue weighted by molar-refractivity contribution is 7.86. The molecule has 0 bridgehead atoms. The maximum Gasteiger partial charge on any atom is 0.285 e. The molecule has 0 aliphatic rings. The molecule has 0 radical (unpaired) electrons. The van der Waals surface area contributed by atoms with Crippen molar-refractivity contribution in [2.45, 2.75) is 12.8 Å². The highest BCUT2D eigenvalue weighted by Gasteiger charge is 2.14. The molecule has 0 aliphatic heterocycles. The zero-order valence-electron chi connectivity index (χ0n) is 13.0. The summed E-state index contributed by atoms with van der Waals surface area (Å²) in [6.45, 7) is 0.592. The van der Waals surface area contributed by atoms with Gasteiger partial charge >= 0.3 is 0 Å². The third-order valence-electron chi connectivity index (χ3n) is 3.13. The Balaban J connectivity index is 2.31. The van der Waals surface area contributed by atoms with Crippen molar-refractivity contribution >= 4 is 15.9 Å². The van der Waals surface area contributed by atoms with Gasteiger partial charge < -0.3 is 10.5 Å². The molecule has 0 saturated heterocycles. The topological polar surface area (TPSA) is 119 Å². The summed E-state index contributed by atoms with van der Waals surface area (Å²) in [5.74, 6) is 0.944. The number of anilines is 1. The molecule has 2 aromatic rings. The third-order valence-corrected chi connectivity index (χ3v) is 3.51. The van der Waals surface area contributed by atoms with Crippen molar-refractivity contribution in [1.82, 2.24) is 10.2 Å². The number of hydrogen-bond donors (Lipinski definition) is 3. The minimum absolute atomic E-state index is 0.251. The van der Waals surface area contributed by atoms with Crippen molar-refractivity contribution in [3.8, 4) is 17.0 Å². The van der Waals surface area contributed by atoms with Gasteiger partial charge in [-0.3, -0.25) is 5.10 Å². The van der Waals surface area contributed by atoms with E-state index in [4.69, 9.17) is 10.5 Å². The van der Waals surface area contributed by atoms with Crippen molar-refractivity contribution in [3.05, 3.63) is 29.8 Å². The van der Waals surface area contributed by atoms with E-state index in [1.807, 2.05) is 18.2 Å². The van der Waals surface area contributed by atoms with Crippen LogP contribution in [0, 0.1) is 0 Å². The Labute approximate surface area is 135 Å². The molecule has 0 amide bonds. The van der Waals surface area contributed by atoms with Crippen LogP contribution in [0.1, 0.15) is 12.0 Å². The minimum atomic E-state index is -3.61. The summed E-state index contributed by atoms with van der Waals surface area (Å²) in [6, 6.07) is 7.40. The monoisotopic (exact) mass is 340 g/mol. The molecular formula is C14H20N4O4S. The number of H-pyrrole nitrogens is 1. The molecule has 0 fully saturated rings. The van der Waals surface area contributed by atoms with Crippen LogP contribution < -0.4 is 16.0 Å². The van der Waals surface area contributed by atoms with Crippen LogP contribution >= 0.6 is 0 Å². The fraction of sp³-hybridized carbons (Fsp3) is 0.357. The number of ether oxygens (including phenoxy) is 1. The molecule has 1 heterocycles. The lowest BCUT2D eigenvalue weighted by atomic mass is 9.99. The number of benzene rings is 1. The first-order valence-corrected chi connectivity index (χ1v) is 8.82. The molecule has 1 aromatic carbocycles. The van der Waals surface area contributed by atoms with Crippen LogP contribution in [0.2, 0.25) is 0 Å². The second kappa shape index (κ2) is 7.44. The molecular weight excluding hydrogens is 320 g/mol. The van der Waals surface area contributed by atoms with Crippen molar-refractivity contribution in [2.75, 3.05) is 25.4 Å². The van der Waals surface area contributed by atoms with Crippen LogP contribution in [0.25, 0.3) is 11.3 Å². The van der Waals surface area contributed by atoms with E-state index in [-0.39, 0.29) is 5.82 Å². The Morgan fingerprint density at radius 3 is 2.83 bits per heavy atom. The van der Waals surface area contributed by atoms with E-state index in [1.165, 1.54) is 0 Å². The standard InChI is InChI=1S/C14H20N4O4S/c1-21-12-7-3-5-10(6-4-8-15)14(12)11-9-13(17-16-11)18-22-23(2,19)20/h3,5,7,9H,4,6,8,15H2,1-2H3,(H2,16,17,18). The van der Waals surface area contributed by atoms with Crippen LogP contribution in [-0.4, -0.2) is 38.5 Å². The SMILES string of the molecule is COc1cccc(CCCN)c1-c1cc(NOS(C)(=O)=O)n[nH]1. The maximum atomic E-state index is 11.0. The van der Waals surface area contributed by atoms with Crippen molar-refractivity contribution in [3.63, 3.8) is 0 Å². The fourth-order valence-electron chi connectivity index (χ4n) is 2.17. The summed E-state index contributed by atoms with van der Waals surface area (Å²) in [4.78, 5) is 0. The van der Waals surface area contributed by atoms with Crippen LogP contribution in [0.15, 0.2) is 24.3 Å². The molecule has 23 heavy (non-hydrogen) atoms. The third kappa shape index (κ3) is 4.68. The summed E-state index contributed by atoms with van der Waals surface area (Å²) in [5.41, 5.74) is 10.5. The summed E-state index contributed by atoms with van der Waals surface area (Å²) in [6.07, 6.45) is 2.58. The zero-order chi connectivity index (χ0) is 16.9. The largest absolute Gasteiger partial charge is 0.496 e. The number of nitrogens with zero attached hydrogens (tertiary/aromatic N) is 1. The molecule has 8 nitrogen and oxygen atoms in total. The molecule has 1 aromatic heterocycles. The maximum absolute atomic E-state index is 11.0. The number of aromatic amines is 1. The Bertz CT molecular complexity index is 758. The molecule has 126 valence electrons. The summed E-state index contributed by atoms with van der Waals surface area (Å²) in [5, 5.41) is 6.84. The van der Waals surface area contributed by atoms with E-state index >= 15 is 0 Å². The molecule has 0 saturated carbocycles. The first-order chi connectivity index (χ1) is 10.9. The Morgan fingerprint density at radius 2 is 2.17 bits per heavy atom. The molecule has 0 aliphatic carbocycles. The number of nitrogens with two attached hydrogens (primary N) is 1. The number of methoxy groups -OCH3 is 1. The van der Waals surface area contributed by atoms with Crippen LogP contribution in [0.5, 0.6) is 5.75 Å². The number of aromatic nitrogens is 2.